The molecule has 0 spiro atoms. The number of esters is 1. The molecule has 8 heteroatoms. The molecule has 5 aliphatic carbocycles. The summed E-state index contributed by atoms with van der Waals surface area (Å²) in [6.07, 6.45) is 6.75. The van der Waals surface area contributed by atoms with Crippen LogP contribution in [0.3, 0.4) is 0 Å². The van der Waals surface area contributed by atoms with E-state index in [2.05, 4.69) is 46.0 Å². The van der Waals surface area contributed by atoms with Crippen LogP contribution in [0.15, 0.2) is 23.0 Å². The molecule has 0 aromatic carbocycles. The third-order valence-corrected chi connectivity index (χ3v) is 13.2. The molecule has 0 aromatic heterocycles. The molecule has 5 rings (SSSR count). The molecule has 44 heavy (non-hydrogen) atoms. The highest BCUT2D eigenvalue weighted by Gasteiger charge is 2.71. The summed E-state index contributed by atoms with van der Waals surface area (Å²) < 4.78 is 11.0. The molecule has 1 amide bonds. The topological polar surface area (TPSA) is 126 Å². The molecule has 8 nitrogen and oxygen atoms in total. The van der Waals surface area contributed by atoms with E-state index in [4.69, 9.17) is 9.47 Å². The lowest BCUT2D eigenvalue weighted by atomic mass is 9.34. The Labute approximate surface area is 263 Å². The highest BCUT2D eigenvalue weighted by molar-refractivity contribution is 5.96. The van der Waals surface area contributed by atoms with Gasteiger partial charge in [0.2, 0.25) is 0 Å². The minimum Gasteiger partial charge on any atom is -0.509 e. The number of hydrogen-bond acceptors (Lipinski definition) is 7. The number of ketones is 1. The largest absolute Gasteiger partial charge is 0.509 e. The van der Waals surface area contributed by atoms with Gasteiger partial charge < -0.3 is 19.9 Å². The van der Waals surface area contributed by atoms with Crippen molar-refractivity contribution in [2.24, 2.45) is 44.8 Å². The zero-order valence-corrected chi connectivity index (χ0v) is 28.4. The molecule has 8 atom stereocenters. The zero-order valence-electron chi connectivity index (χ0n) is 28.4. The van der Waals surface area contributed by atoms with Crippen LogP contribution in [0.4, 0.5) is 4.79 Å². The van der Waals surface area contributed by atoms with Crippen molar-refractivity contribution in [3.63, 3.8) is 0 Å². The first-order valence-corrected chi connectivity index (χ1v) is 16.3. The van der Waals surface area contributed by atoms with Crippen LogP contribution in [0.25, 0.3) is 0 Å². The van der Waals surface area contributed by atoms with E-state index in [1.165, 1.54) is 7.11 Å². The molecule has 2 N–H and O–H groups in total. The van der Waals surface area contributed by atoms with Crippen LogP contribution in [0.2, 0.25) is 0 Å². The molecule has 0 radical (unpaired) electrons. The second kappa shape index (κ2) is 9.84. The van der Waals surface area contributed by atoms with Gasteiger partial charge in [-0.2, -0.15) is 5.26 Å². The van der Waals surface area contributed by atoms with E-state index >= 15 is 0 Å². The van der Waals surface area contributed by atoms with E-state index in [-0.39, 0.29) is 58.1 Å². The minimum absolute atomic E-state index is 0.0117. The van der Waals surface area contributed by atoms with E-state index < -0.39 is 33.5 Å². The van der Waals surface area contributed by atoms with Gasteiger partial charge in [0.05, 0.1) is 24.2 Å². The third kappa shape index (κ3) is 4.38. The zero-order chi connectivity index (χ0) is 32.9. The molecule has 5 aliphatic rings. The molecule has 3 saturated carbocycles. The van der Waals surface area contributed by atoms with Crippen molar-refractivity contribution in [2.75, 3.05) is 7.11 Å². The van der Waals surface area contributed by atoms with Crippen molar-refractivity contribution in [1.82, 2.24) is 5.32 Å². The lowest BCUT2D eigenvalue weighted by Gasteiger charge is -2.69. The summed E-state index contributed by atoms with van der Waals surface area (Å²) in [5.74, 6) is -0.977. The monoisotopic (exact) mass is 608 g/mol. The van der Waals surface area contributed by atoms with E-state index in [1.807, 2.05) is 6.08 Å². The van der Waals surface area contributed by atoms with Crippen molar-refractivity contribution >= 4 is 17.8 Å². The highest BCUT2D eigenvalue weighted by Crippen LogP contribution is 2.74. The Balaban J connectivity index is 1.64. The van der Waals surface area contributed by atoms with Gasteiger partial charge in [-0.25, -0.2) is 4.79 Å². The number of nitrogens with one attached hydrogen (secondary N) is 1. The molecule has 0 heterocycles. The molecule has 0 aliphatic heterocycles. The average Bonchev–Trinajstić information content (AvgIpc) is 2.90. The Morgan fingerprint density at radius 3 is 2.27 bits per heavy atom. The standard InChI is InChI=1S/C36H52N2O6/c1-30(2,3)44-29(42)38-35(9)24-11-12-33(7)25(32(24,6)18-21(20-37)27(35)40)17-23(39)26-22-19-31(4,5)13-15-36(22,28(41)43-10)16-14-34(26,33)8/h17,22,24,26,40H,11-16,18-19H2,1-10H3,(H,38,42)/t22-,24?,26-,32-,33+,34+,35-,36-/m0/s1. The van der Waals surface area contributed by atoms with E-state index in [1.54, 1.807) is 27.7 Å². The number of carbonyl (C=O) groups is 3. The fraction of sp³-hybridized carbons (Fsp3) is 0.778. The number of amides is 1. The predicted octanol–water partition coefficient (Wildman–Crippen LogP) is 7.34. The Morgan fingerprint density at radius 1 is 1.05 bits per heavy atom. The lowest BCUT2D eigenvalue weighted by Crippen LogP contribution is -2.68. The van der Waals surface area contributed by atoms with Crippen LogP contribution >= 0.6 is 0 Å². The number of aliphatic hydroxyl groups is 1. The van der Waals surface area contributed by atoms with Crippen LogP contribution in [-0.4, -0.2) is 41.2 Å². The number of alkyl carbamates (subject to hydrolysis) is 1. The number of ether oxygens (including phenoxy) is 2. The third-order valence-electron chi connectivity index (χ3n) is 13.2. The summed E-state index contributed by atoms with van der Waals surface area (Å²) in [6.45, 7) is 18.2. The van der Waals surface area contributed by atoms with E-state index in [9.17, 15) is 24.8 Å². The second-order valence-electron chi connectivity index (χ2n) is 17.3. The first-order chi connectivity index (χ1) is 20.1. The van der Waals surface area contributed by atoms with Crippen LogP contribution in [-0.2, 0) is 19.1 Å². The van der Waals surface area contributed by atoms with Crippen LogP contribution in [0.5, 0.6) is 0 Å². The second-order valence-corrected chi connectivity index (χ2v) is 17.3. The normalized spacial score (nSPS) is 42.8. The Bertz CT molecular complexity index is 1400. The van der Waals surface area contributed by atoms with E-state index in [0.717, 1.165) is 37.7 Å². The van der Waals surface area contributed by atoms with Crippen molar-refractivity contribution in [3.8, 4) is 6.07 Å². The Kier molecular flexibility index (Phi) is 7.28. The molecule has 0 saturated heterocycles. The number of carbonyl (C=O) groups excluding carboxylic acids is 3. The molecular weight excluding hydrogens is 556 g/mol. The molecule has 242 valence electrons. The predicted molar refractivity (Wildman–Crippen MR) is 166 cm³/mol. The quantitative estimate of drug-likeness (QED) is 0.314. The Morgan fingerprint density at radius 2 is 1.68 bits per heavy atom. The minimum atomic E-state index is -1.26. The number of methoxy groups -OCH3 is 1. The van der Waals surface area contributed by atoms with Crippen molar-refractivity contribution in [3.05, 3.63) is 23.0 Å². The number of aliphatic hydroxyl groups excluding tert-OH is 1. The summed E-state index contributed by atoms with van der Waals surface area (Å²) in [6, 6.07) is 2.22. The van der Waals surface area contributed by atoms with Gasteiger partial charge in [0.1, 0.15) is 16.9 Å². The highest BCUT2D eigenvalue weighted by atomic mass is 16.6. The average molecular weight is 609 g/mol. The van der Waals surface area contributed by atoms with Crippen LogP contribution in [0, 0.1) is 56.2 Å². The van der Waals surface area contributed by atoms with Crippen molar-refractivity contribution in [2.45, 2.75) is 125 Å². The maximum Gasteiger partial charge on any atom is 0.408 e. The van der Waals surface area contributed by atoms with Gasteiger partial charge in [0.25, 0.3) is 0 Å². The smallest absolute Gasteiger partial charge is 0.408 e. The summed E-state index contributed by atoms with van der Waals surface area (Å²) in [5, 5.41) is 24.6. The molecule has 3 fully saturated rings. The number of hydrogen-bond donors (Lipinski definition) is 2. The SMILES string of the molecule is COC(=O)[C@]12CCC(C)(C)C[C@H]1[C@H]1C(=O)C=C3[C@@]4(C)CC(C#N)=C(O)[C@@](C)(NC(=O)OC(C)(C)C)C4CC[C@@]3(C)[C@]1(C)CC2. The van der Waals surface area contributed by atoms with E-state index in [0.29, 0.717) is 12.8 Å². The summed E-state index contributed by atoms with van der Waals surface area (Å²) >= 11 is 0. The fourth-order valence-electron chi connectivity index (χ4n) is 10.8. The summed E-state index contributed by atoms with van der Waals surface area (Å²) in [7, 11) is 1.47. The fourth-order valence-corrected chi connectivity index (χ4v) is 10.8. The van der Waals surface area contributed by atoms with Crippen molar-refractivity contribution < 1.29 is 29.0 Å². The van der Waals surface area contributed by atoms with Gasteiger partial charge in [0.15, 0.2) is 5.78 Å². The number of rotatable bonds is 2. The first-order valence-electron chi connectivity index (χ1n) is 16.3. The lowest BCUT2D eigenvalue weighted by molar-refractivity contribution is -0.191. The van der Waals surface area contributed by atoms with Crippen molar-refractivity contribution in [1.29, 1.82) is 5.26 Å². The number of allylic oxidation sites excluding steroid dienone is 3. The molecule has 0 aromatic rings. The van der Waals surface area contributed by atoms with Gasteiger partial charge in [-0.3, -0.25) is 9.59 Å². The number of nitrogens with zero attached hydrogens (tertiary/aromatic N) is 1. The molecule has 1 unspecified atom stereocenters. The summed E-state index contributed by atoms with van der Waals surface area (Å²) in [4.78, 5) is 41.3. The molecular formula is C36H52N2O6. The van der Waals surface area contributed by atoms with Gasteiger partial charge in [0, 0.05) is 5.92 Å². The number of fused-ring (bicyclic) bond motifs is 7. The van der Waals surface area contributed by atoms with Gasteiger partial charge >= 0.3 is 12.1 Å². The number of nitriles is 1. The Hall–Kier alpha value is -2.82. The van der Waals surface area contributed by atoms with Gasteiger partial charge in [-0.05, 0) is 119 Å². The van der Waals surface area contributed by atoms with Gasteiger partial charge in [-0.15, -0.1) is 0 Å². The maximum atomic E-state index is 14.6. The van der Waals surface area contributed by atoms with Gasteiger partial charge in [-0.1, -0.05) is 40.2 Å². The molecule has 0 bridgehead atoms. The van der Waals surface area contributed by atoms with Crippen LogP contribution in [0.1, 0.15) is 114 Å². The first kappa shape index (κ1) is 32.6. The van der Waals surface area contributed by atoms with Crippen LogP contribution < -0.4 is 5.32 Å². The summed E-state index contributed by atoms with van der Waals surface area (Å²) in [5.41, 5.74) is -2.91. The maximum absolute atomic E-state index is 14.6.